The molecule has 15 heavy (non-hydrogen) atoms. The van der Waals surface area contributed by atoms with Crippen molar-refractivity contribution in [1.82, 2.24) is 5.32 Å². The number of aryl methyl sites for hydroxylation is 1. The van der Waals surface area contributed by atoms with E-state index in [9.17, 15) is 0 Å². The third-order valence-corrected chi connectivity index (χ3v) is 3.87. The normalized spacial score (nSPS) is 24.5. The van der Waals surface area contributed by atoms with Crippen LogP contribution in [0.25, 0.3) is 0 Å². The fraction of sp³-hybridized carbons (Fsp3) is 0.538. The summed E-state index contributed by atoms with van der Waals surface area (Å²) in [5.74, 6) is 0. The highest BCUT2D eigenvalue weighted by molar-refractivity contribution is 6.30. The van der Waals surface area contributed by atoms with Crippen LogP contribution in [0.3, 0.4) is 0 Å². The predicted octanol–water partition coefficient (Wildman–Crippen LogP) is 3.25. The number of halogens is 1. The lowest BCUT2D eigenvalue weighted by Gasteiger charge is -2.16. The van der Waals surface area contributed by atoms with Gasteiger partial charge in [-0.3, -0.25) is 0 Å². The lowest BCUT2D eigenvalue weighted by Crippen LogP contribution is -2.14. The maximum absolute atomic E-state index is 6.18. The van der Waals surface area contributed by atoms with Crippen LogP contribution in [0.5, 0.6) is 0 Å². The van der Waals surface area contributed by atoms with Gasteiger partial charge in [0.25, 0.3) is 0 Å². The van der Waals surface area contributed by atoms with Gasteiger partial charge in [-0.2, -0.15) is 0 Å². The molecule has 2 heteroatoms. The number of hydrogen-bond acceptors (Lipinski definition) is 1. The van der Waals surface area contributed by atoms with Gasteiger partial charge in [0.05, 0.1) is 0 Å². The van der Waals surface area contributed by atoms with Crippen LogP contribution in [-0.2, 0) is 12.8 Å². The van der Waals surface area contributed by atoms with E-state index in [1.165, 1.54) is 43.2 Å². The Hall–Kier alpha value is -0.530. The van der Waals surface area contributed by atoms with Crippen LogP contribution in [-0.4, -0.2) is 6.54 Å². The van der Waals surface area contributed by atoms with Crippen molar-refractivity contribution >= 4 is 11.6 Å². The zero-order chi connectivity index (χ0) is 10.3. The molecule has 1 aliphatic carbocycles. The summed E-state index contributed by atoms with van der Waals surface area (Å²) in [6.45, 7) is 1.16. The molecular formula is C13H16ClN. The molecule has 1 N–H and O–H groups in total. The third kappa shape index (κ3) is 1.68. The average Bonchev–Trinajstić information content (AvgIpc) is 2.86. The van der Waals surface area contributed by atoms with E-state index in [1.807, 2.05) is 0 Å². The molecule has 0 radical (unpaired) electrons. The van der Waals surface area contributed by atoms with Gasteiger partial charge in [0, 0.05) is 11.1 Å². The molecule has 1 fully saturated rings. The van der Waals surface area contributed by atoms with Crippen molar-refractivity contribution in [3.63, 3.8) is 0 Å². The van der Waals surface area contributed by atoms with Crippen molar-refractivity contribution in [1.29, 1.82) is 0 Å². The molecule has 0 spiro atoms. The average molecular weight is 222 g/mol. The van der Waals surface area contributed by atoms with Gasteiger partial charge in [-0.05, 0) is 67.5 Å². The first-order valence-electron chi connectivity index (χ1n) is 5.89. The van der Waals surface area contributed by atoms with E-state index in [1.54, 1.807) is 5.56 Å². The first-order chi connectivity index (χ1) is 7.34. The Bertz CT molecular complexity index is 380. The van der Waals surface area contributed by atoms with Crippen LogP contribution >= 0.6 is 11.6 Å². The highest BCUT2D eigenvalue weighted by Crippen LogP contribution is 2.35. The van der Waals surface area contributed by atoms with Crippen molar-refractivity contribution in [2.24, 2.45) is 0 Å². The molecule has 0 aromatic heterocycles. The van der Waals surface area contributed by atoms with Crippen LogP contribution in [0.15, 0.2) is 12.1 Å². The molecular weight excluding hydrogens is 206 g/mol. The molecule has 1 heterocycles. The van der Waals surface area contributed by atoms with Crippen LogP contribution in [0.4, 0.5) is 0 Å². The maximum atomic E-state index is 6.18. The molecule has 3 rings (SSSR count). The molecule has 1 aliphatic heterocycles. The minimum absolute atomic E-state index is 0.565. The maximum Gasteiger partial charge on any atom is 0.0412 e. The Kier molecular flexibility index (Phi) is 2.45. The quantitative estimate of drug-likeness (QED) is 0.768. The van der Waals surface area contributed by atoms with Crippen LogP contribution in [0.2, 0.25) is 5.02 Å². The third-order valence-electron chi connectivity index (χ3n) is 3.65. The molecule has 0 unspecified atom stereocenters. The standard InChI is InChI=1S/C13H16ClN/c14-10-7-9-3-1-4-11(9)12(8-10)13-5-2-6-15-13/h7-8,13,15H,1-6H2/t13-/m1/s1. The monoisotopic (exact) mass is 221 g/mol. The van der Waals surface area contributed by atoms with Gasteiger partial charge in [0.15, 0.2) is 0 Å². The van der Waals surface area contributed by atoms with Crippen LogP contribution in [0, 0.1) is 0 Å². The fourth-order valence-electron chi connectivity index (χ4n) is 2.96. The number of rotatable bonds is 1. The molecule has 0 saturated carbocycles. The summed E-state index contributed by atoms with van der Waals surface area (Å²) in [7, 11) is 0. The Balaban J connectivity index is 2.05. The van der Waals surface area contributed by atoms with Gasteiger partial charge in [-0.25, -0.2) is 0 Å². The lowest BCUT2D eigenvalue weighted by molar-refractivity contribution is 0.641. The van der Waals surface area contributed by atoms with Gasteiger partial charge < -0.3 is 5.32 Å². The van der Waals surface area contributed by atoms with E-state index in [-0.39, 0.29) is 0 Å². The minimum Gasteiger partial charge on any atom is -0.310 e. The minimum atomic E-state index is 0.565. The zero-order valence-corrected chi connectivity index (χ0v) is 9.61. The van der Waals surface area contributed by atoms with E-state index >= 15 is 0 Å². The molecule has 1 nitrogen and oxygen atoms in total. The Morgan fingerprint density at radius 3 is 2.93 bits per heavy atom. The Morgan fingerprint density at radius 2 is 2.13 bits per heavy atom. The second-order valence-corrected chi connectivity index (χ2v) is 5.07. The van der Waals surface area contributed by atoms with E-state index in [0.29, 0.717) is 6.04 Å². The molecule has 2 aliphatic rings. The van der Waals surface area contributed by atoms with Crippen molar-refractivity contribution in [2.75, 3.05) is 6.54 Å². The second kappa shape index (κ2) is 3.80. The first-order valence-corrected chi connectivity index (χ1v) is 6.27. The highest BCUT2D eigenvalue weighted by atomic mass is 35.5. The molecule has 1 atom stereocenters. The van der Waals surface area contributed by atoms with Gasteiger partial charge >= 0.3 is 0 Å². The van der Waals surface area contributed by atoms with E-state index < -0.39 is 0 Å². The van der Waals surface area contributed by atoms with Gasteiger partial charge in [-0.1, -0.05) is 11.6 Å². The zero-order valence-electron chi connectivity index (χ0n) is 8.85. The highest BCUT2D eigenvalue weighted by Gasteiger charge is 2.23. The number of nitrogens with one attached hydrogen (secondary N) is 1. The molecule has 0 bridgehead atoms. The number of fused-ring (bicyclic) bond motifs is 1. The van der Waals surface area contributed by atoms with Gasteiger partial charge in [0.1, 0.15) is 0 Å². The molecule has 80 valence electrons. The number of hydrogen-bond donors (Lipinski definition) is 1. The van der Waals surface area contributed by atoms with Crippen molar-refractivity contribution in [3.8, 4) is 0 Å². The largest absolute Gasteiger partial charge is 0.310 e. The number of benzene rings is 1. The van der Waals surface area contributed by atoms with Gasteiger partial charge in [0.2, 0.25) is 0 Å². The fourth-order valence-corrected chi connectivity index (χ4v) is 3.21. The van der Waals surface area contributed by atoms with Crippen molar-refractivity contribution < 1.29 is 0 Å². The summed E-state index contributed by atoms with van der Waals surface area (Å²) < 4.78 is 0. The summed E-state index contributed by atoms with van der Waals surface area (Å²) in [5, 5.41) is 4.49. The summed E-state index contributed by atoms with van der Waals surface area (Å²) in [5.41, 5.74) is 4.55. The van der Waals surface area contributed by atoms with Gasteiger partial charge in [-0.15, -0.1) is 0 Å². The molecule has 0 amide bonds. The van der Waals surface area contributed by atoms with E-state index in [2.05, 4.69) is 17.4 Å². The molecule has 1 aromatic rings. The van der Waals surface area contributed by atoms with E-state index in [4.69, 9.17) is 11.6 Å². The van der Waals surface area contributed by atoms with Crippen LogP contribution < -0.4 is 5.32 Å². The summed E-state index contributed by atoms with van der Waals surface area (Å²) in [6, 6.07) is 4.90. The summed E-state index contributed by atoms with van der Waals surface area (Å²) in [6.07, 6.45) is 6.34. The van der Waals surface area contributed by atoms with Crippen molar-refractivity contribution in [2.45, 2.75) is 38.1 Å². The Labute approximate surface area is 95.8 Å². The Morgan fingerprint density at radius 1 is 1.20 bits per heavy atom. The first kappa shape index (κ1) is 9.68. The predicted molar refractivity (Wildman–Crippen MR) is 63.5 cm³/mol. The summed E-state index contributed by atoms with van der Waals surface area (Å²) >= 11 is 6.18. The van der Waals surface area contributed by atoms with Crippen molar-refractivity contribution in [3.05, 3.63) is 33.8 Å². The second-order valence-electron chi connectivity index (χ2n) is 4.64. The SMILES string of the molecule is Clc1cc2c(c([C@H]3CCCN3)c1)CCC2. The van der Waals surface area contributed by atoms with E-state index in [0.717, 1.165) is 11.6 Å². The molecule has 1 saturated heterocycles. The van der Waals surface area contributed by atoms with Crippen LogP contribution in [0.1, 0.15) is 42.0 Å². The molecule has 1 aromatic carbocycles. The summed E-state index contributed by atoms with van der Waals surface area (Å²) in [4.78, 5) is 0. The topological polar surface area (TPSA) is 12.0 Å². The smallest absolute Gasteiger partial charge is 0.0412 e. The lowest BCUT2D eigenvalue weighted by atomic mass is 9.96.